The van der Waals surface area contributed by atoms with E-state index in [0.29, 0.717) is 5.75 Å². The number of rotatable bonds is 6. The van der Waals surface area contributed by atoms with Crippen molar-refractivity contribution in [1.82, 2.24) is 5.32 Å². The number of nitriles is 1. The quantitative estimate of drug-likeness (QED) is 0.582. The van der Waals surface area contributed by atoms with Crippen LogP contribution in [0.25, 0.3) is 6.08 Å². The number of hydrogen-bond donors (Lipinski definition) is 1. The SMILES string of the molecule is N#C/C(=C\c1ccc(OCc2cccc(F)c2)cc1)C(=O)NC1CCCCC1. The zero-order chi connectivity index (χ0) is 19.8. The van der Waals surface area contributed by atoms with E-state index in [0.717, 1.165) is 36.8 Å². The Morgan fingerprint density at radius 2 is 1.93 bits per heavy atom. The van der Waals surface area contributed by atoms with Gasteiger partial charge in [0, 0.05) is 6.04 Å². The summed E-state index contributed by atoms with van der Waals surface area (Å²) in [5.74, 6) is 0.0181. The summed E-state index contributed by atoms with van der Waals surface area (Å²) in [6.07, 6.45) is 6.97. The molecular formula is C23H23FN2O2. The fourth-order valence-corrected chi connectivity index (χ4v) is 3.28. The largest absolute Gasteiger partial charge is 0.489 e. The van der Waals surface area contributed by atoms with Gasteiger partial charge < -0.3 is 10.1 Å². The van der Waals surface area contributed by atoms with E-state index in [1.807, 2.05) is 6.07 Å². The third kappa shape index (κ3) is 5.68. The molecule has 0 aromatic heterocycles. The van der Waals surface area contributed by atoms with Crippen molar-refractivity contribution in [2.24, 2.45) is 0 Å². The standard InChI is InChI=1S/C23H23FN2O2/c24-20-6-4-5-18(14-20)16-28-22-11-9-17(10-12-22)13-19(15-25)23(27)26-21-7-2-1-3-8-21/h4-6,9-14,21H,1-3,7-8,16H2,(H,26,27)/b19-13+. The molecule has 0 unspecified atom stereocenters. The van der Waals surface area contributed by atoms with Gasteiger partial charge in [-0.15, -0.1) is 0 Å². The number of nitrogens with zero attached hydrogens (tertiary/aromatic N) is 1. The van der Waals surface area contributed by atoms with E-state index in [1.165, 1.54) is 18.6 Å². The Bertz CT molecular complexity index is 878. The van der Waals surface area contributed by atoms with Crippen molar-refractivity contribution < 1.29 is 13.9 Å². The predicted octanol–water partition coefficient (Wildman–Crippen LogP) is 4.76. The fourth-order valence-electron chi connectivity index (χ4n) is 3.28. The Hall–Kier alpha value is -3.13. The lowest BCUT2D eigenvalue weighted by atomic mass is 9.95. The van der Waals surface area contributed by atoms with Crippen LogP contribution in [0, 0.1) is 17.1 Å². The molecule has 1 saturated carbocycles. The summed E-state index contributed by atoms with van der Waals surface area (Å²) in [7, 11) is 0. The molecule has 1 fully saturated rings. The van der Waals surface area contributed by atoms with Crippen molar-refractivity contribution in [2.75, 3.05) is 0 Å². The molecule has 0 atom stereocenters. The number of nitrogens with one attached hydrogen (secondary N) is 1. The lowest BCUT2D eigenvalue weighted by Crippen LogP contribution is -2.36. The first-order valence-electron chi connectivity index (χ1n) is 9.54. The second kappa shape index (κ2) is 9.70. The maximum absolute atomic E-state index is 13.2. The maximum Gasteiger partial charge on any atom is 0.262 e. The molecule has 1 aliphatic carbocycles. The minimum Gasteiger partial charge on any atom is -0.489 e. The molecule has 0 radical (unpaired) electrons. The average Bonchev–Trinajstić information content (AvgIpc) is 2.72. The highest BCUT2D eigenvalue weighted by molar-refractivity contribution is 6.01. The molecule has 3 rings (SSSR count). The van der Waals surface area contributed by atoms with Gasteiger partial charge in [0.25, 0.3) is 5.91 Å². The van der Waals surface area contributed by atoms with Gasteiger partial charge in [0.1, 0.15) is 29.8 Å². The highest BCUT2D eigenvalue weighted by atomic mass is 19.1. The van der Waals surface area contributed by atoms with Crippen LogP contribution in [-0.4, -0.2) is 11.9 Å². The van der Waals surface area contributed by atoms with Crippen molar-refractivity contribution in [3.63, 3.8) is 0 Å². The number of benzene rings is 2. The molecule has 0 aliphatic heterocycles. The van der Waals surface area contributed by atoms with Gasteiger partial charge in [-0.2, -0.15) is 5.26 Å². The summed E-state index contributed by atoms with van der Waals surface area (Å²) in [4.78, 5) is 12.3. The predicted molar refractivity (Wildman–Crippen MR) is 106 cm³/mol. The molecule has 28 heavy (non-hydrogen) atoms. The number of carbonyl (C=O) groups excluding carboxylic acids is 1. The van der Waals surface area contributed by atoms with Gasteiger partial charge in [0.05, 0.1) is 0 Å². The lowest BCUT2D eigenvalue weighted by Gasteiger charge is -2.22. The van der Waals surface area contributed by atoms with Crippen LogP contribution in [0.4, 0.5) is 4.39 Å². The van der Waals surface area contributed by atoms with Gasteiger partial charge in [-0.1, -0.05) is 43.5 Å². The normalized spacial score (nSPS) is 14.9. The van der Waals surface area contributed by atoms with Gasteiger partial charge in [0.2, 0.25) is 0 Å². The number of ether oxygens (including phenoxy) is 1. The van der Waals surface area contributed by atoms with E-state index in [2.05, 4.69) is 5.32 Å². The molecular weight excluding hydrogens is 355 g/mol. The molecule has 2 aromatic rings. The van der Waals surface area contributed by atoms with E-state index < -0.39 is 0 Å². The minimum atomic E-state index is -0.319. The summed E-state index contributed by atoms with van der Waals surface area (Å²) in [5.41, 5.74) is 1.59. The number of amides is 1. The first kappa shape index (κ1) is 19.6. The Kier molecular flexibility index (Phi) is 6.80. The Balaban J connectivity index is 1.59. The number of hydrogen-bond acceptors (Lipinski definition) is 3. The van der Waals surface area contributed by atoms with Gasteiger partial charge in [-0.25, -0.2) is 4.39 Å². The first-order chi connectivity index (χ1) is 13.6. The van der Waals surface area contributed by atoms with Gasteiger partial charge in [-0.3, -0.25) is 4.79 Å². The second-order valence-electron chi connectivity index (χ2n) is 6.97. The van der Waals surface area contributed by atoms with Crippen molar-refractivity contribution in [3.8, 4) is 11.8 Å². The first-order valence-corrected chi connectivity index (χ1v) is 9.54. The smallest absolute Gasteiger partial charge is 0.262 e. The molecule has 5 heteroatoms. The van der Waals surface area contributed by atoms with Gasteiger partial charge in [0.15, 0.2) is 0 Å². The van der Waals surface area contributed by atoms with Crippen molar-refractivity contribution in [1.29, 1.82) is 5.26 Å². The average molecular weight is 378 g/mol. The zero-order valence-electron chi connectivity index (χ0n) is 15.7. The summed E-state index contributed by atoms with van der Waals surface area (Å²) in [6.45, 7) is 0.264. The van der Waals surface area contributed by atoms with E-state index in [9.17, 15) is 14.4 Å². The monoisotopic (exact) mass is 378 g/mol. The van der Waals surface area contributed by atoms with Gasteiger partial charge >= 0.3 is 0 Å². The van der Waals surface area contributed by atoms with Crippen LogP contribution < -0.4 is 10.1 Å². The molecule has 144 valence electrons. The van der Waals surface area contributed by atoms with Crippen LogP contribution in [0.2, 0.25) is 0 Å². The number of halogens is 1. The van der Waals surface area contributed by atoms with E-state index >= 15 is 0 Å². The Morgan fingerprint density at radius 3 is 2.61 bits per heavy atom. The van der Waals surface area contributed by atoms with Crippen molar-refractivity contribution in [3.05, 3.63) is 71.0 Å². The van der Waals surface area contributed by atoms with Crippen molar-refractivity contribution >= 4 is 12.0 Å². The molecule has 2 aromatic carbocycles. The van der Waals surface area contributed by atoms with E-state index in [1.54, 1.807) is 42.5 Å². The van der Waals surface area contributed by atoms with Crippen LogP contribution in [0.3, 0.4) is 0 Å². The molecule has 0 bridgehead atoms. The summed E-state index contributed by atoms with van der Waals surface area (Å²) in [5, 5.41) is 12.3. The minimum absolute atomic E-state index is 0.0963. The topological polar surface area (TPSA) is 62.1 Å². The lowest BCUT2D eigenvalue weighted by molar-refractivity contribution is -0.117. The third-order valence-corrected chi connectivity index (χ3v) is 4.79. The molecule has 1 amide bonds. The zero-order valence-corrected chi connectivity index (χ0v) is 15.7. The molecule has 4 nitrogen and oxygen atoms in total. The van der Waals surface area contributed by atoms with E-state index in [-0.39, 0.29) is 29.9 Å². The maximum atomic E-state index is 13.2. The van der Waals surface area contributed by atoms with Crippen LogP contribution in [0.1, 0.15) is 43.2 Å². The fraction of sp³-hybridized carbons (Fsp3) is 0.304. The van der Waals surface area contributed by atoms with Gasteiger partial charge in [-0.05, 0) is 54.3 Å². The molecule has 1 N–H and O–H groups in total. The summed E-state index contributed by atoms with van der Waals surface area (Å²) in [6, 6.07) is 15.5. The van der Waals surface area contributed by atoms with Crippen molar-refractivity contribution in [2.45, 2.75) is 44.8 Å². The molecule has 0 saturated heterocycles. The highest BCUT2D eigenvalue weighted by Gasteiger charge is 2.18. The number of carbonyl (C=O) groups is 1. The summed E-state index contributed by atoms with van der Waals surface area (Å²) < 4.78 is 18.8. The van der Waals surface area contributed by atoms with E-state index in [4.69, 9.17) is 4.74 Å². The van der Waals surface area contributed by atoms with Crippen LogP contribution in [0.15, 0.2) is 54.1 Å². The van der Waals surface area contributed by atoms with Crippen LogP contribution in [-0.2, 0) is 11.4 Å². The Morgan fingerprint density at radius 1 is 1.18 bits per heavy atom. The molecule has 0 heterocycles. The Labute approximate surface area is 164 Å². The van der Waals surface area contributed by atoms with Crippen LogP contribution >= 0.6 is 0 Å². The van der Waals surface area contributed by atoms with Crippen LogP contribution in [0.5, 0.6) is 5.75 Å². The third-order valence-electron chi connectivity index (χ3n) is 4.79. The highest BCUT2D eigenvalue weighted by Crippen LogP contribution is 2.19. The molecule has 1 aliphatic rings. The summed E-state index contributed by atoms with van der Waals surface area (Å²) >= 11 is 0. The second-order valence-corrected chi connectivity index (χ2v) is 6.97. The molecule has 0 spiro atoms.